The standard InChI is InChI=1S/C17H18N2O8S/c1-28(24,25)27-12-8-7-11-14(16(21)19(11)15(12)17(22)23)18-13(20)9-26-10-5-3-2-4-6-10/h2-6,11,14H,7-9H2,1H3,(H,18,20)(H,22,23)/t11-,14-/m0/s1. The average Bonchev–Trinajstić information content (AvgIpc) is 2.63. The van der Waals surface area contributed by atoms with Crippen molar-refractivity contribution in [2.24, 2.45) is 0 Å². The van der Waals surface area contributed by atoms with E-state index in [2.05, 4.69) is 5.32 Å². The third kappa shape index (κ3) is 4.09. The highest BCUT2D eigenvalue weighted by molar-refractivity contribution is 7.86. The topological polar surface area (TPSA) is 139 Å². The number of carbonyl (C=O) groups excluding carboxylic acids is 2. The van der Waals surface area contributed by atoms with Crippen LogP contribution in [0.1, 0.15) is 12.8 Å². The van der Waals surface area contributed by atoms with Crippen LogP contribution in [0.25, 0.3) is 0 Å². The van der Waals surface area contributed by atoms with E-state index in [0.717, 1.165) is 11.2 Å². The third-order valence-corrected chi connectivity index (χ3v) is 4.78. The molecule has 0 bridgehead atoms. The molecule has 0 unspecified atom stereocenters. The SMILES string of the molecule is CS(=O)(=O)OC1=C(C(=O)O)N2C(=O)[C@@H](NC(=O)COc3ccccc3)[C@@H]2CC1. The Morgan fingerprint density at radius 3 is 2.57 bits per heavy atom. The predicted octanol–water partition coefficient (Wildman–Crippen LogP) is -0.173. The van der Waals surface area contributed by atoms with E-state index in [-0.39, 0.29) is 25.2 Å². The zero-order chi connectivity index (χ0) is 20.5. The van der Waals surface area contributed by atoms with Gasteiger partial charge in [0.15, 0.2) is 18.1 Å². The largest absolute Gasteiger partial charge is 0.484 e. The van der Waals surface area contributed by atoms with Crippen LogP contribution in [0.3, 0.4) is 0 Å². The Bertz CT molecular complexity index is 941. The highest BCUT2D eigenvalue weighted by Crippen LogP contribution is 2.37. The number of benzene rings is 1. The van der Waals surface area contributed by atoms with E-state index in [1.165, 1.54) is 0 Å². The number of carboxylic acids is 1. The molecule has 1 aromatic carbocycles. The van der Waals surface area contributed by atoms with Crippen molar-refractivity contribution in [2.45, 2.75) is 24.9 Å². The number of ether oxygens (including phenoxy) is 1. The average molecular weight is 410 g/mol. The van der Waals surface area contributed by atoms with Gasteiger partial charge < -0.3 is 19.3 Å². The van der Waals surface area contributed by atoms with Crippen LogP contribution in [0, 0.1) is 0 Å². The summed E-state index contributed by atoms with van der Waals surface area (Å²) in [5, 5.41) is 11.9. The second-order valence-corrected chi connectivity index (χ2v) is 7.90. The molecule has 10 nitrogen and oxygen atoms in total. The summed E-state index contributed by atoms with van der Waals surface area (Å²) in [5.41, 5.74) is -0.516. The van der Waals surface area contributed by atoms with E-state index in [1.54, 1.807) is 30.3 Å². The summed E-state index contributed by atoms with van der Waals surface area (Å²) in [6, 6.07) is 7.16. The number of nitrogens with zero attached hydrogens (tertiary/aromatic N) is 1. The van der Waals surface area contributed by atoms with Crippen LogP contribution in [0.15, 0.2) is 41.8 Å². The van der Waals surface area contributed by atoms with Gasteiger partial charge in [-0.25, -0.2) is 4.79 Å². The van der Waals surface area contributed by atoms with Crippen molar-refractivity contribution in [1.82, 2.24) is 10.2 Å². The molecule has 28 heavy (non-hydrogen) atoms. The van der Waals surface area contributed by atoms with Crippen LogP contribution < -0.4 is 10.1 Å². The number of carbonyl (C=O) groups is 3. The fourth-order valence-electron chi connectivity index (χ4n) is 3.17. The quantitative estimate of drug-likeness (QED) is 0.466. The van der Waals surface area contributed by atoms with Crippen LogP contribution in [0.4, 0.5) is 0 Å². The van der Waals surface area contributed by atoms with Gasteiger partial charge in [-0.1, -0.05) is 18.2 Å². The maximum Gasteiger partial charge on any atom is 0.356 e. The normalized spacial score (nSPS) is 21.5. The molecule has 2 N–H and O–H groups in total. The van der Waals surface area contributed by atoms with Gasteiger partial charge in [-0.3, -0.25) is 14.5 Å². The number of carboxylic acid groups (broad SMARTS) is 1. The highest BCUT2D eigenvalue weighted by Gasteiger charge is 2.54. The van der Waals surface area contributed by atoms with E-state index in [1.807, 2.05) is 0 Å². The molecule has 2 amide bonds. The Morgan fingerprint density at radius 1 is 1.29 bits per heavy atom. The highest BCUT2D eigenvalue weighted by atomic mass is 32.2. The first kappa shape index (κ1) is 19.7. The number of aliphatic carboxylic acids is 1. The van der Waals surface area contributed by atoms with Crippen molar-refractivity contribution < 1.29 is 36.8 Å². The minimum absolute atomic E-state index is 0.00996. The molecule has 1 aromatic rings. The van der Waals surface area contributed by atoms with Gasteiger partial charge >= 0.3 is 16.1 Å². The van der Waals surface area contributed by atoms with Crippen molar-refractivity contribution in [1.29, 1.82) is 0 Å². The molecular formula is C17H18N2O8S. The monoisotopic (exact) mass is 410 g/mol. The summed E-state index contributed by atoms with van der Waals surface area (Å²) in [5.74, 6) is -2.45. The van der Waals surface area contributed by atoms with E-state index in [9.17, 15) is 27.9 Å². The molecule has 150 valence electrons. The summed E-state index contributed by atoms with van der Waals surface area (Å²) in [6.45, 7) is -0.301. The number of amides is 2. The first-order valence-electron chi connectivity index (χ1n) is 8.33. The van der Waals surface area contributed by atoms with Gasteiger partial charge in [0.25, 0.3) is 11.8 Å². The number of hydrogen-bond donors (Lipinski definition) is 2. The van der Waals surface area contributed by atoms with Crippen LogP contribution >= 0.6 is 0 Å². The Labute approximate surface area is 160 Å². The molecule has 3 rings (SSSR count). The lowest BCUT2D eigenvalue weighted by Gasteiger charge is -2.49. The van der Waals surface area contributed by atoms with Gasteiger partial charge in [-0.05, 0) is 18.6 Å². The lowest BCUT2D eigenvalue weighted by Crippen LogP contribution is -2.72. The Balaban J connectivity index is 1.66. The maximum absolute atomic E-state index is 12.4. The molecular weight excluding hydrogens is 392 g/mol. The van der Waals surface area contributed by atoms with E-state index < -0.39 is 45.7 Å². The molecule has 0 spiro atoms. The first-order valence-corrected chi connectivity index (χ1v) is 10.1. The Hall–Kier alpha value is -3.08. The zero-order valence-electron chi connectivity index (χ0n) is 14.8. The number of nitrogens with one attached hydrogen (secondary N) is 1. The van der Waals surface area contributed by atoms with E-state index >= 15 is 0 Å². The molecule has 2 aliphatic rings. The van der Waals surface area contributed by atoms with Crippen LogP contribution in [0.2, 0.25) is 0 Å². The van der Waals surface area contributed by atoms with Gasteiger partial charge in [0, 0.05) is 6.42 Å². The molecule has 0 saturated carbocycles. The second kappa shape index (κ2) is 7.50. The van der Waals surface area contributed by atoms with Gasteiger partial charge in [0.2, 0.25) is 0 Å². The molecule has 0 radical (unpaired) electrons. The lowest BCUT2D eigenvalue weighted by molar-refractivity contribution is -0.156. The predicted molar refractivity (Wildman–Crippen MR) is 94.3 cm³/mol. The van der Waals surface area contributed by atoms with Gasteiger partial charge in [0.05, 0.1) is 12.3 Å². The van der Waals surface area contributed by atoms with E-state index in [4.69, 9.17) is 8.92 Å². The number of fused-ring (bicyclic) bond motifs is 1. The van der Waals surface area contributed by atoms with Gasteiger partial charge in [-0.15, -0.1) is 0 Å². The molecule has 1 saturated heterocycles. The summed E-state index contributed by atoms with van der Waals surface area (Å²) < 4.78 is 32.7. The van der Waals surface area contributed by atoms with Crippen molar-refractivity contribution in [3.8, 4) is 5.75 Å². The summed E-state index contributed by atoms with van der Waals surface area (Å²) in [4.78, 5) is 37.0. The number of allylic oxidation sites excluding steroid dienone is 1. The summed E-state index contributed by atoms with van der Waals surface area (Å²) in [6.07, 6.45) is 1.05. The fraction of sp³-hybridized carbons (Fsp3) is 0.353. The number of para-hydroxylation sites is 1. The number of β-lactam (4-membered cyclic amide) rings is 1. The Kier molecular flexibility index (Phi) is 5.27. The Morgan fingerprint density at radius 2 is 1.96 bits per heavy atom. The summed E-state index contributed by atoms with van der Waals surface area (Å²) in [7, 11) is -3.94. The molecule has 0 aromatic heterocycles. The van der Waals surface area contributed by atoms with Crippen LogP contribution in [-0.4, -0.2) is 61.2 Å². The van der Waals surface area contributed by atoms with Gasteiger partial charge in [0.1, 0.15) is 11.8 Å². The minimum Gasteiger partial charge on any atom is -0.484 e. The molecule has 2 heterocycles. The van der Waals surface area contributed by atoms with Crippen LogP contribution in [0.5, 0.6) is 5.75 Å². The molecule has 2 atom stereocenters. The van der Waals surface area contributed by atoms with Gasteiger partial charge in [-0.2, -0.15) is 8.42 Å². The van der Waals surface area contributed by atoms with E-state index in [0.29, 0.717) is 5.75 Å². The molecule has 2 aliphatic heterocycles. The molecule has 11 heteroatoms. The summed E-state index contributed by atoms with van der Waals surface area (Å²) >= 11 is 0. The smallest absolute Gasteiger partial charge is 0.356 e. The second-order valence-electron chi connectivity index (χ2n) is 6.33. The van der Waals surface area contributed by atoms with Crippen molar-refractivity contribution in [2.75, 3.05) is 12.9 Å². The fourth-order valence-corrected chi connectivity index (χ4v) is 3.70. The van der Waals surface area contributed by atoms with Crippen molar-refractivity contribution in [3.63, 3.8) is 0 Å². The minimum atomic E-state index is -3.94. The third-order valence-electron chi connectivity index (χ3n) is 4.28. The molecule has 1 fully saturated rings. The number of hydrogen-bond acceptors (Lipinski definition) is 7. The maximum atomic E-state index is 12.4. The van der Waals surface area contributed by atoms with Crippen molar-refractivity contribution >= 4 is 27.9 Å². The van der Waals surface area contributed by atoms with Crippen molar-refractivity contribution in [3.05, 3.63) is 41.8 Å². The zero-order valence-corrected chi connectivity index (χ0v) is 15.6. The number of rotatable bonds is 7. The van der Waals surface area contributed by atoms with Crippen LogP contribution in [-0.2, 0) is 28.7 Å². The lowest BCUT2D eigenvalue weighted by atomic mass is 9.86. The first-order chi connectivity index (χ1) is 13.2. The molecule has 0 aliphatic carbocycles.